The van der Waals surface area contributed by atoms with Crippen LogP contribution >= 0.6 is 23.2 Å². The van der Waals surface area contributed by atoms with Gasteiger partial charge < -0.3 is 4.74 Å². The van der Waals surface area contributed by atoms with Gasteiger partial charge in [-0.15, -0.1) is 0 Å². The summed E-state index contributed by atoms with van der Waals surface area (Å²) in [5, 5.41) is 15.6. The summed E-state index contributed by atoms with van der Waals surface area (Å²) >= 11 is 12.5. The van der Waals surface area contributed by atoms with Crippen LogP contribution in [-0.4, -0.2) is 16.1 Å². The molecule has 1 N–H and O–H groups in total. The zero-order chi connectivity index (χ0) is 19.9. The largest absolute Gasteiger partial charge is 0.486 e. The zero-order valence-electron chi connectivity index (χ0n) is 14.4. The summed E-state index contributed by atoms with van der Waals surface area (Å²) in [6.07, 6.45) is 2.86. The lowest BCUT2D eigenvalue weighted by Gasteiger charge is -2.11. The fourth-order valence-electron chi connectivity index (χ4n) is 2.32. The number of hydrazone groups is 1. The molecular weight excluding hydrogens is 403 g/mol. The molecule has 0 unspecified atom stereocenters. The first-order valence-electron chi connectivity index (χ1n) is 8.09. The Morgan fingerprint density at radius 1 is 1.14 bits per heavy atom. The third kappa shape index (κ3) is 4.97. The fraction of sp³-hybridized carbons (Fsp3) is 0.0526. The number of ether oxygens (including phenoxy) is 1. The number of anilines is 1. The van der Waals surface area contributed by atoms with Crippen molar-refractivity contribution in [2.24, 2.45) is 5.10 Å². The summed E-state index contributed by atoms with van der Waals surface area (Å²) in [7, 11) is 0. The van der Waals surface area contributed by atoms with Crippen LogP contribution < -0.4 is 10.2 Å². The minimum atomic E-state index is -0.544. The van der Waals surface area contributed by atoms with E-state index in [0.29, 0.717) is 28.0 Å². The van der Waals surface area contributed by atoms with E-state index >= 15 is 0 Å². The van der Waals surface area contributed by atoms with E-state index in [1.54, 1.807) is 12.1 Å². The first kappa shape index (κ1) is 19.6. The predicted octanol–water partition coefficient (Wildman–Crippen LogP) is 5.32. The molecule has 0 radical (unpaired) electrons. The topological polar surface area (TPSA) is 89.7 Å². The highest BCUT2D eigenvalue weighted by Crippen LogP contribution is 2.34. The number of hydrogen-bond acceptors (Lipinski definition) is 6. The van der Waals surface area contributed by atoms with Crippen LogP contribution in [0.25, 0.3) is 0 Å². The number of nitrogens with one attached hydrogen (secondary N) is 1. The number of rotatable bonds is 7. The molecule has 2 aromatic carbocycles. The zero-order valence-corrected chi connectivity index (χ0v) is 15.9. The van der Waals surface area contributed by atoms with Crippen molar-refractivity contribution in [3.05, 3.63) is 92.1 Å². The molecule has 0 saturated carbocycles. The summed E-state index contributed by atoms with van der Waals surface area (Å²) in [5.41, 5.74) is 3.94. The van der Waals surface area contributed by atoms with E-state index in [1.807, 2.05) is 30.3 Å². The maximum absolute atomic E-state index is 11.0. The highest BCUT2D eigenvalue weighted by Gasteiger charge is 2.13. The van der Waals surface area contributed by atoms with Crippen LogP contribution in [-0.2, 0) is 6.61 Å². The van der Waals surface area contributed by atoms with Crippen LogP contribution in [0.1, 0.15) is 11.1 Å². The van der Waals surface area contributed by atoms with E-state index in [-0.39, 0.29) is 11.5 Å². The minimum absolute atomic E-state index is 0.0313. The van der Waals surface area contributed by atoms with Gasteiger partial charge in [-0.05, 0) is 29.3 Å². The number of aromatic nitrogens is 1. The molecule has 1 heterocycles. The van der Waals surface area contributed by atoms with Gasteiger partial charge in [0, 0.05) is 12.3 Å². The minimum Gasteiger partial charge on any atom is -0.486 e. The van der Waals surface area contributed by atoms with Crippen LogP contribution in [0.5, 0.6) is 5.75 Å². The number of nitrogens with zero attached hydrogens (tertiary/aromatic N) is 3. The number of pyridine rings is 1. The van der Waals surface area contributed by atoms with Crippen molar-refractivity contribution < 1.29 is 9.66 Å². The number of hydrogen-bond donors (Lipinski definition) is 1. The third-order valence-corrected chi connectivity index (χ3v) is 4.18. The molecule has 3 rings (SSSR count). The van der Waals surface area contributed by atoms with Crippen LogP contribution in [0.4, 0.5) is 11.5 Å². The highest BCUT2D eigenvalue weighted by atomic mass is 35.5. The molecule has 0 bridgehead atoms. The molecule has 0 aliphatic heterocycles. The normalized spacial score (nSPS) is 10.8. The van der Waals surface area contributed by atoms with E-state index in [2.05, 4.69) is 15.5 Å². The quantitative estimate of drug-likeness (QED) is 0.319. The summed E-state index contributed by atoms with van der Waals surface area (Å²) < 4.78 is 5.72. The lowest BCUT2D eigenvalue weighted by Crippen LogP contribution is -1.99. The van der Waals surface area contributed by atoms with E-state index < -0.39 is 4.92 Å². The second-order valence-corrected chi connectivity index (χ2v) is 6.40. The summed E-state index contributed by atoms with van der Waals surface area (Å²) in [6.45, 7) is 0.332. The molecule has 1 aromatic heterocycles. The smallest absolute Gasteiger partial charge is 0.313 e. The van der Waals surface area contributed by atoms with Crippen molar-refractivity contribution in [3.8, 4) is 5.75 Å². The molecule has 9 heteroatoms. The maximum atomic E-state index is 11.0. The van der Waals surface area contributed by atoms with Crippen molar-refractivity contribution in [2.75, 3.05) is 5.43 Å². The SMILES string of the molecule is O=[N+]([O-])c1cccnc1N/N=C\c1cc(Cl)c(OCc2ccccc2)c(Cl)c1. The van der Waals surface area contributed by atoms with Gasteiger partial charge in [-0.3, -0.25) is 15.5 Å². The van der Waals surface area contributed by atoms with Gasteiger partial charge in [0.2, 0.25) is 5.82 Å². The number of nitro groups is 1. The van der Waals surface area contributed by atoms with Crippen LogP contribution in [0.3, 0.4) is 0 Å². The van der Waals surface area contributed by atoms with Crippen LogP contribution in [0.15, 0.2) is 65.9 Å². The van der Waals surface area contributed by atoms with E-state index in [1.165, 1.54) is 24.5 Å². The molecule has 3 aromatic rings. The maximum Gasteiger partial charge on any atom is 0.313 e. The van der Waals surface area contributed by atoms with Gasteiger partial charge in [0.05, 0.1) is 21.2 Å². The van der Waals surface area contributed by atoms with E-state index in [9.17, 15) is 10.1 Å². The Labute approximate surface area is 170 Å². The molecule has 142 valence electrons. The Morgan fingerprint density at radius 2 is 1.86 bits per heavy atom. The van der Waals surface area contributed by atoms with Crippen LogP contribution in [0, 0.1) is 10.1 Å². The first-order chi connectivity index (χ1) is 13.5. The molecule has 0 atom stereocenters. The lowest BCUT2D eigenvalue weighted by molar-refractivity contribution is -0.384. The molecule has 7 nitrogen and oxygen atoms in total. The molecule has 0 aliphatic carbocycles. The van der Waals surface area contributed by atoms with Gasteiger partial charge in [0.15, 0.2) is 5.75 Å². The average molecular weight is 417 g/mol. The monoisotopic (exact) mass is 416 g/mol. The van der Waals surface area contributed by atoms with E-state index in [0.717, 1.165) is 5.56 Å². The van der Waals surface area contributed by atoms with Gasteiger partial charge in [-0.25, -0.2) is 4.98 Å². The summed E-state index contributed by atoms with van der Waals surface area (Å²) in [6, 6.07) is 15.7. The molecule has 0 fully saturated rings. The van der Waals surface area contributed by atoms with Crippen molar-refractivity contribution in [3.63, 3.8) is 0 Å². The van der Waals surface area contributed by atoms with Gasteiger partial charge in [0.1, 0.15) is 6.61 Å². The molecule has 28 heavy (non-hydrogen) atoms. The van der Waals surface area contributed by atoms with Gasteiger partial charge in [0.25, 0.3) is 0 Å². The molecule has 0 spiro atoms. The van der Waals surface area contributed by atoms with E-state index in [4.69, 9.17) is 27.9 Å². The highest BCUT2D eigenvalue weighted by molar-refractivity contribution is 6.37. The Morgan fingerprint density at radius 3 is 2.54 bits per heavy atom. The second kappa shape index (κ2) is 9.16. The second-order valence-electron chi connectivity index (χ2n) is 5.59. The van der Waals surface area contributed by atoms with Crippen molar-refractivity contribution >= 4 is 40.9 Å². The Balaban J connectivity index is 1.70. The van der Waals surface area contributed by atoms with Gasteiger partial charge in [-0.2, -0.15) is 5.10 Å². The predicted molar refractivity (Wildman–Crippen MR) is 109 cm³/mol. The lowest BCUT2D eigenvalue weighted by atomic mass is 10.2. The van der Waals surface area contributed by atoms with Crippen molar-refractivity contribution in [1.29, 1.82) is 0 Å². The van der Waals surface area contributed by atoms with Crippen LogP contribution in [0.2, 0.25) is 10.0 Å². The Bertz CT molecular complexity index is 990. The first-order valence-corrected chi connectivity index (χ1v) is 8.84. The Kier molecular flexibility index (Phi) is 6.41. The molecule has 0 saturated heterocycles. The van der Waals surface area contributed by atoms with Gasteiger partial charge >= 0.3 is 5.69 Å². The molecule has 0 amide bonds. The Hall–Kier alpha value is -3.16. The fourth-order valence-corrected chi connectivity index (χ4v) is 2.93. The van der Waals surface area contributed by atoms with Gasteiger partial charge in [-0.1, -0.05) is 53.5 Å². The standard InChI is InChI=1S/C19H14Cl2N4O3/c20-15-9-14(11-23-24-19-17(25(26)27)7-4-8-22-19)10-16(21)18(15)28-12-13-5-2-1-3-6-13/h1-11H,12H2,(H,22,24)/b23-11-. The van der Waals surface area contributed by atoms with Crippen molar-refractivity contribution in [2.45, 2.75) is 6.61 Å². The third-order valence-electron chi connectivity index (χ3n) is 3.61. The summed E-state index contributed by atoms with van der Waals surface area (Å²) in [4.78, 5) is 14.3. The number of benzene rings is 2. The van der Waals surface area contributed by atoms with Crippen molar-refractivity contribution in [1.82, 2.24) is 4.98 Å². The molecular formula is C19H14Cl2N4O3. The number of halogens is 2. The summed E-state index contributed by atoms with van der Waals surface area (Å²) in [5.74, 6) is 0.404. The average Bonchev–Trinajstić information content (AvgIpc) is 2.68. The molecule has 0 aliphatic rings.